The van der Waals surface area contributed by atoms with E-state index in [0.29, 0.717) is 17.8 Å². The van der Waals surface area contributed by atoms with Crippen molar-refractivity contribution in [2.45, 2.75) is 69.4 Å². The molecule has 1 aromatic heterocycles. The summed E-state index contributed by atoms with van der Waals surface area (Å²) in [5.74, 6) is 2.71. The van der Waals surface area contributed by atoms with Crippen LogP contribution in [0.2, 0.25) is 0 Å². The van der Waals surface area contributed by atoms with E-state index < -0.39 is 11.6 Å². The summed E-state index contributed by atoms with van der Waals surface area (Å²) in [7, 11) is 0. The number of rotatable bonds is 3. The van der Waals surface area contributed by atoms with Crippen LogP contribution in [0, 0.1) is 29.6 Å². The molecule has 5 aliphatic carbocycles. The van der Waals surface area contributed by atoms with E-state index in [1.54, 1.807) is 11.3 Å². The van der Waals surface area contributed by atoms with Gasteiger partial charge in [-0.1, -0.05) is 0 Å². The minimum Gasteiger partial charge on any atom is -0.361 e. The quantitative estimate of drug-likeness (QED) is 0.783. The summed E-state index contributed by atoms with van der Waals surface area (Å²) in [6.07, 6.45) is 12.6. The van der Waals surface area contributed by atoms with Crippen molar-refractivity contribution in [2.24, 2.45) is 29.6 Å². The van der Waals surface area contributed by atoms with E-state index in [2.05, 4.69) is 10.3 Å². The zero-order valence-electron chi connectivity index (χ0n) is 15.2. The summed E-state index contributed by atoms with van der Waals surface area (Å²) >= 11 is 1.67. The predicted molar refractivity (Wildman–Crippen MR) is 98.3 cm³/mol. The summed E-state index contributed by atoms with van der Waals surface area (Å²) in [6, 6.07) is 0. The van der Waals surface area contributed by atoms with Gasteiger partial charge in [0.25, 0.3) is 0 Å². The molecule has 2 spiro atoms. The van der Waals surface area contributed by atoms with Gasteiger partial charge in [-0.3, -0.25) is 0 Å². The van der Waals surface area contributed by atoms with Gasteiger partial charge in [-0.05, 0) is 62.7 Å². The summed E-state index contributed by atoms with van der Waals surface area (Å²) in [5.41, 5.74) is 0. The normalized spacial score (nSPS) is 49.3. The zero-order valence-corrected chi connectivity index (χ0v) is 16.0. The van der Waals surface area contributed by atoms with Crippen LogP contribution in [0.25, 0.3) is 0 Å². The molecule has 26 heavy (non-hydrogen) atoms. The van der Waals surface area contributed by atoms with Gasteiger partial charge in [0.15, 0.2) is 5.13 Å². The second-order valence-electron chi connectivity index (χ2n) is 9.37. The predicted octanol–water partition coefficient (Wildman–Crippen LogP) is 4.57. The molecule has 6 aliphatic rings. The summed E-state index contributed by atoms with van der Waals surface area (Å²) in [5, 5.41) is 6.50. The first kappa shape index (κ1) is 16.3. The lowest BCUT2D eigenvalue weighted by molar-refractivity contribution is -0.390. The van der Waals surface area contributed by atoms with Gasteiger partial charge in [0.1, 0.15) is 0 Å². The molecule has 0 amide bonds. The van der Waals surface area contributed by atoms with Gasteiger partial charge in [-0.15, -0.1) is 11.3 Å². The Morgan fingerprint density at radius 1 is 1.04 bits per heavy atom. The number of hydrogen-bond donors (Lipinski definition) is 1. The third-order valence-corrected chi connectivity index (χ3v) is 8.52. The monoisotopic (exact) mass is 376 g/mol. The molecule has 6 heteroatoms. The molecule has 6 fully saturated rings. The molecule has 4 bridgehead atoms. The minimum atomic E-state index is -0.479. The second-order valence-corrected chi connectivity index (χ2v) is 10.3. The fourth-order valence-corrected chi connectivity index (χ4v) is 7.20. The highest BCUT2D eigenvalue weighted by Gasteiger charge is 2.66. The number of ether oxygens (including phenoxy) is 1. The summed E-state index contributed by atoms with van der Waals surface area (Å²) in [4.78, 5) is 16.4. The Hall–Kier alpha value is -0.690. The molecule has 0 atom stereocenters. The smallest absolute Gasteiger partial charge is 0.210 e. The van der Waals surface area contributed by atoms with E-state index in [1.165, 1.54) is 32.1 Å². The topological polar surface area (TPSA) is 52.6 Å². The first-order valence-electron chi connectivity index (χ1n) is 10.4. The average Bonchev–Trinajstić information content (AvgIpc) is 3.28. The van der Waals surface area contributed by atoms with Gasteiger partial charge < -0.3 is 10.1 Å². The van der Waals surface area contributed by atoms with E-state index in [1.807, 2.05) is 11.6 Å². The molecular weight excluding hydrogens is 348 g/mol. The van der Waals surface area contributed by atoms with Gasteiger partial charge in [0, 0.05) is 42.8 Å². The van der Waals surface area contributed by atoms with Gasteiger partial charge in [0.05, 0.1) is 0 Å². The molecule has 5 nitrogen and oxygen atoms in total. The largest absolute Gasteiger partial charge is 0.361 e. The van der Waals surface area contributed by atoms with Crippen LogP contribution in [0.4, 0.5) is 5.13 Å². The van der Waals surface area contributed by atoms with Gasteiger partial charge in [0.2, 0.25) is 11.6 Å². The van der Waals surface area contributed by atoms with E-state index in [9.17, 15) is 0 Å². The van der Waals surface area contributed by atoms with E-state index in [0.717, 1.165) is 49.2 Å². The lowest BCUT2D eigenvalue weighted by Crippen LogP contribution is -2.59. The van der Waals surface area contributed by atoms with E-state index in [-0.39, 0.29) is 0 Å². The van der Waals surface area contributed by atoms with E-state index >= 15 is 0 Å². The number of nitrogens with one attached hydrogen (secondary N) is 1. The minimum absolute atomic E-state index is 0.417. The fourth-order valence-electron chi connectivity index (χ4n) is 6.66. The van der Waals surface area contributed by atoms with Gasteiger partial charge in [-0.2, -0.15) is 9.78 Å². The van der Waals surface area contributed by atoms with Crippen molar-refractivity contribution in [3.8, 4) is 0 Å². The highest BCUT2D eigenvalue weighted by Crippen LogP contribution is 2.63. The number of nitrogens with zero attached hydrogens (tertiary/aromatic N) is 1. The Bertz CT molecular complexity index is 628. The molecule has 0 unspecified atom stereocenters. The molecule has 1 aromatic rings. The maximum atomic E-state index is 6.78. The van der Waals surface area contributed by atoms with Crippen LogP contribution in [-0.2, 0) is 14.5 Å². The zero-order chi connectivity index (χ0) is 17.2. The first-order chi connectivity index (χ1) is 12.7. The maximum Gasteiger partial charge on any atom is 0.210 e. The average molecular weight is 377 g/mol. The third-order valence-electron chi connectivity index (χ3n) is 7.79. The lowest BCUT2D eigenvalue weighted by Gasteiger charge is -2.57. The molecule has 0 aromatic carbocycles. The van der Waals surface area contributed by atoms with Crippen molar-refractivity contribution in [1.29, 1.82) is 0 Å². The number of aromatic nitrogens is 1. The standard InChI is InChI=1S/C20H28N2O3S/c1-3-19(4-2-13(1)12-22-18-21-5-6-26-18)23-20(25-24-19)16-8-14-7-15(10-16)11-17(20)9-14/h5-6,13-17H,1-4,7-12H2,(H,21,22). The van der Waals surface area contributed by atoms with Crippen molar-refractivity contribution in [3.05, 3.63) is 11.6 Å². The van der Waals surface area contributed by atoms with Gasteiger partial charge in [-0.25, -0.2) is 4.98 Å². The molecule has 2 heterocycles. The van der Waals surface area contributed by atoms with Crippen molar-refractivity contribution in [1.82, 2.24) is 4.98 Å². The molecular formula is C20H28N2O3S. The Morgan fingerprint density at radius 3 is 2.42 bits per heavy atom. The Morgan fingerprint density at radius 2 is 1.77 bits per heavy atom. The Kier molecular flexibility index (Phi) is 3.70. The van der Waals surface area contributed by atoms with Crippen LogP contribution in [0.15, 0.2) is 11.6 Å². The highest BCUT2D eigenvalue weighted by atomic mass is 32.1. The van der Waals surface area contributed by atoms with Gasteiger partial charge >= 0.3 is 0 Å². The van der Waals surface area contributed by atoms with Crippen LogP contribution in [0.1, 0.15) is 57.8 Å². The van der Waals surface area contributed by atoms with Crippen LogP contribution >= 0.6 is 11.3 Å². The molecule has 1 N–H and O–H groups in total. The second kappa shape index (κ2) is 5.90. The van der Waals surface area contributed by atoms with E-state index in [4.69, 9.17) is 14.5 Å². The number of thiazole rings is 1. The van der Waals surface area contributed by atoms with Crippen molar-refractivity contribution in [3.63, 3.8) is 0 Å². The number of hydrogen-bond acceptors (Lipinski definition) is 6. The lowest BCUT2D eigenvalue weighted by atomic mass is 9.53. The van der Waals surface area contributed by atoms with Crippen LogP contribution < -0.4 is 5.32 Å². The van der Waals surface area contributed by atoms with Crippen LogP contribution in [0.3, 0.4) is 0 Å². The van der Waals surface area contributed by atoms with Crippen molar-refractivity contribution in [2.75, 3.05) is 11.9 Å². The first-order valence-corrected chi connectivity index (χ1v) is 11.3. The van der Waals surface area contributed by atoms with Crippen LogP contribution in [-0.4, -0.2) is 23.1 Å². The molecule has 142 valence electrons. The van der Waals surface area contributed by atoms with Crippen molar-refractivity contribution >= 4 is 16.5 Å². The molecule has 1 saturated heterocycles. The molecule has 1 aliphatic heterocycles. The SMILES string of the molecule is c1csc(NCC2CCC3(CC2)OOC2(O3)C3CC4CC(C3)CC2C4)n1. The highest BCUT2D eigenvalue weighted by molar-refractivity contribution is 7.13. The fraction of sp³-hybridized carbons (Fsp3) is 0.850. The Labute approximate surface area is 158 Å². The molecule has 0 radical (unpaired) electrons. The van der Waals surface area contributed by atoms with Crippen LogP contribution in [0.5, 0.6) is 0 Å². The van der Waals surface area contributed by atoms with Crippen molar-refractivity contribution < 1.29 is 14.5 Å². The summed E-state index contributed by atoms with van der Waals surface area (Å²) in [6.45, 7) is 0.990. The third kappa shape index (κ3) is 2.49. The maximum absolute atomic E-state index is 6.78. The summed E-state index contributed by atoms with van der Waals surface area (Å²) < 4.78 is 6.78. The molecule has 7 rings (SSSR count). The Balaban J connectivity index is 1.10. The molecule has 5 saturated carbocycles. The number of anilines is 1.